The summed E-state index contributed by atoms with van der Waals surface area (Å²) in [5.41, 5.74) is 8.75. The van der Waals surface area contributed by atoms with Gasteiger partial charge < -0.3 is 5.73 Å². The number of aromatic nitrogens is 3. The Morgan fingerprint density at radius 2 is 2.00 bits per heavy atom. The molecule has 0 aliphatic rings. The first kappa shape index (κ1) is 12.3. The molecule has 0 radical (unpaired) electrons. The molecule has 1 amide bonds. The van der Waals surface area contributed by atoms with Crippen molar-refractivity contribution in [3.63, 3.8) is 0 Å². The van der Waals surface area contributed by atoms with Crippen molar-refractivity contribution in [2.75, 3.05) is 0 Å². The van der Waals surface area contributed by atoms with E-state index < -0.39 is 0 Å². The third kappa shape index (κ3) is 2.14. The summed E-state index contributed by atoms with van der Waals surface area (Å²) < 4.78 is 1.99. The van der Waals surface area contributed by atoms with Crippen LogP contribution >= 0.6 is 0 Å². The molecule has 2 heterocycles. The molecule has 1 aromatic carbocycles. The van der Waals surface area contributed by atoms with Crippen LogP contribution in [-0.2, 0) is 11.2 Å². The average molecular weight is 266 g/mol. The van der Waals surface area contributed by atoms with Crippen LogP contribution in [0, 0.1) is 6.92 Å². The lowest BCUT2D eigenvalue weighted by molar-refractivity contribution is -0.117. The highest BCUT2D eigenvalue weighted by atomic mass is 16.1. The third-order valence-electron chi connectivity index (χ3n) is 3.16. The van der Waals surface area contributed by atoms with Crippen molar-refractivity contribution < 1.29 is 4.79 Å². The van der Waals surface area contributed by atoms with Crippen molar-refractivity contribution in [1.29, 1.82) is 0 Å². The van der Waals surface area contributed by atoms with Crippen LogP contribution in [0.3, 0.4) is 0 Å². The zero-order chi connectivity index (χ0) is 14.1. The average Bonchev–Trinajstić information content (AvgIpc) is 2.75. The van der Waals surface area contributed by atoms with Crippen LogP contribution in [0.25, 0.3) is 16.9 Å². The summed E-state index contributed by atoms with van der Waals surface area (Å²) in [7, 11) is 0. The quantitative estimate of drug-likeness (QED) is 0.785. The van der Waals surface area contributed by atoms with Gasteiger partial charge in [-0.25, -0.2) is 9.97 Å². The Hall–Kier alpha value is -2.69. The fourth-order valence-electron chi connectivity index (χ4n) is 2.30. The summed E-state index contributed by atoms with van der Waals surface area (Å²) in [6.45, 7) is 1.94. The predicted octanol–water partition coefficient (Wildman–Crippen LogP) is 1.76. The second kappa shape index (κ2) is 4.77. The summed E-state index contributed by atoms with van der Waals surface area (Å²) in [6.07, 6.45) is 2.00. The first-order valence-corrected chi connectivity index (χ1v) is 6.33. The molecule has 0 fully saturated rings. The number of nitrogens with two attached hydrogens (primary N) is 1. The van der Waals surface area contributed by atoms with E-state index in [1.54, 1.807) is 6.20 Å². The van der Waals surface area contributed by atoms with Crippen LogP contribution in [0.15, 0.2) is 42.6 Å². The molecule has 0 spiro atoms. The van der Waals surface area contributed by atoms with Crippen LogP contribution in [0.2, 0.25) is 0 Å². The van der Waals surface area contributed by atoms with Crippen molar-refractivity contribution in [2.24, 2.45) is 5.73 Å². The van der Waals surface area contributed by atoms with Gasteiger partial charge in [-0.1, -0.05) is 12.1 Å². The fraction of sp³-hybridized carbons (Fsp3) is 0.133. The van der Waals surface area contributed by atoms with Gasteiger partial charge >= 0.3 is 0 Å². The number of hydrogen-bond donors (Lipinski definition) is 1. The summed E-state index contributed by atoms with van der Waals surface area (Å²) in [5.74, 6) is 0.546. The Balaban J connectivity index is 2.07. The molecule has 0 saturated carbocycles. The fourth-order valence-corrected chi connectivity index (χ4v) is 2.30. The molecule has 3 rings (SSSR count). The first-order valence-electron chi connectivity index (χ1n) is 6.33. The molecule has 0 aliphatic heterocycles. The molecule has 0 atom stereocenters. The number of hydrogen-bond acceptors (Lipinski definition) is 3. The number of amides is 1. The maximum atomic E-state index is 10.9. The Bertz CT molecular complexity index is 774. The molecule has 0 saturated heterocycles. The zero-order valence-electron chi connectivity index (χ0n) is 11.1. The van der Waals surface area contributed by atoms with Crippen LogP contribution in [0.4, 0.5) is 0 Å². The van der Waals surface area contributed by atoms with E-state index in [2.05, 4.69) is 9.97 Å². The number of carbonyl (C=O) groups is 1. The van der Waals surface area contributed by atoms with E-state index in [0.717, 1.165) is 28.2 Å². The third-order valence-corrected chi connectivity index (χ3v) is 3.16. The predicted molar refractivity (Wildman–Crippen MR) is 76.5 cm³/mol. The van der Waals surface area contributed by atoms with Crippen LogP contribution < -0.4 is 5.73 Å². The molecule has 5 nitrogen and oxygen atoms in total. The number of aryl methyl sites for hydroxylation is 1. The van der Waals surface area contributed by atoms with Gasteiger partial charge in [0, 0.05) is 11.9 Å². The van der Waals surface area contributed by atoms with E-state index in [1.807, 2.05) is 47.9 Å². The number of fused-ring (bicyclic) bond motifs is 1. The molecule has 0 unspecified atom stereocenters. The summed E-state index contributed by atoms with van der Waals surface area (Å²) in [4.78, 5) is 19.8. The summed E-state index contributed by atoms with van der Waals surface area (Å²) >= 11 is 0. The van der Waals surface area contributed by atoms with Gasteiger partial charge in [-0.15, -0.1) is 0 Å². The minimum absolute atomic E-state index is 0.252. The normalized spacial score (nSPS) is 10.8. The van der Waals surface area contributed by atoms with Crippen LogP contribution in [-0.4, -0.2) is 20.4 Å². The number of benzene rings is 1. The van der Waals surface area contributed by atoms with Gasteiger partial charge in [0.1, 0.15) is 11.3 Å². The zero-order valence-corrected chi connectivity index (χ0v) is 11.1. The SMILES string of the molecule is Cc1nc2cccnc2n1-c1ccc(CC(N)=O)cc1. The lowest BCUT2D eigenvalue weighted by Crippen LogP contribution is -2.13. The molecular weight excluding hydrogens is 252 g/mol. The molecular formula is C15H14N4O. The van der Waals surface area contributed by atoms with Crippen LogP contribution in [0.1, 0.15) is 11.4 Å². The van der Waals surface area contributed by atoms with Gasteiger partial charge in [0.05, 0.1) is 6.42 Å². The number of primary amides is 1. The minimum Gasteiger partial charge on any atom is -0.369 e. The van der Waals surface area contributed by atoms with Crippen molar-refractivity contribution in [3.8, 4) is 5.69 Å². The molecule has 0 aliphatic carbocycles. The molecule has 2 N–H and O–H groups in total. The van der Waals surface area contributed by atoms with Gasteiger partial charge in [0.2, 0.25) is 5.91 Å². The molecule has 100 valence electrons. The maximum Gasteiger partial charge on any atom is 0.221 e. The highest BCUT2D eigenvalue weighted by molar-refractivity contribution is 5.77. The van der Waals surface area contributed by atoms with E-state index in [0.29, 0.717) is 0 Å². The highest BCUT2D eigenvalue weighted by Gasteiger charge is 2.09. The van der Waals surface area contributed by atoms with Crippen molar-refractivity contribution in [2.45, 2.75) is 13.3 Å². The topological polar surface area (TPSA) is 73.8 Å². The summed E-state index contributed by atoms with van der Waals surface area (Å²) in [6, 6.07) is 11.5. The van der Waals surface area contributed by atoms with Gasteiger partial charge in [0.25, 0.3) is 0 Å². The Kier molecular flexibility index (Phi) is 2.95. The molecule has 2 aromatic heterocycles. The molecule has 0 bridgehead atoms. The number of pyridine rings is 1. The van der Waals surface area contributed by atoms with E-state index in [4.69, 9.17) is 5.73 Å². The highest BCUT2D eigenvalue weighted by Crippen LogP contribution is 2.19. The van der Waals surface area contributed by atoms with Crippen molar-refractivity contribution in [1.82, 2.24) is 14.5 Å². The number of imidazole rings is 1. The van der Waals surface area contributed by atoms with E-state index >= 15 is 0 Å². The van der Waals surface area contributed by atoms with Gasteiger partial charge in [-0.2, -0.15) is 0 Å². The monoisotopic (exact) mass is 266 g/mol. The molecule has 3 aromatic rings. The van der Waals surface area contributed by atoms with E-state index in [1.165, 1.54) is 0 Å². The maximum absolute atomic E-state index is 10.9. The number of nitrogens with zero attached hydrogens (tertiary/aromatic N) is 3. The van der Waals surface area contributed by atoms with Gasteiger partial charge in [-0.05, 0) is 36.8 Å². The Labute approximate surface area is 116 Å². The molecule has 20 heavy (non-hydrogen) atoms. The van der Waals surface area contributed by atoms with Crippen LogP contribution in [0.5, 0.6) is 0 Å². The lowest BCUT2D eigenvalue weighted by Gasteiger charge is -2.07. The Morgan fingerprint density at radius 1 is 1.25 bits per heavy atom. The van der Waals surface area contributed by atoms with E-state index in [-0.39, 0.29) is 12.3 Å². The lowest BCUT2D eigenvalue weighted by atomic mass is 10.1. The second-order valence-corrected chi connectivity index (χ2v) is 4.65. The first-order chi connectivity index (χ1) is 9.65. The number of rotatable bonds is 3. The minimum atomic E-state index is -0.330. The largest absolute Gasteiger partial charge is 0.369 e. The standard InChI is InChI=1S/C15H14N4O/c1-10-18-13-3-2-8-17-15(13)19(10)12-6-4-11(5-7-12)9-14(16)20/h2-8H,9H2,1H3,(H2,16,20). The van der Waals surface area contributed by atoms with Crippen molar-refractivity contribution in [3.05, 3.63) is 54.0 Å². The summed E-state index contributed by atoms with van der Waals surface area (Å²) in [5, 5.41) is 0. The van der Waals surface area contributed by atoms with Gasteiger partial charge in [-0.3, -0.25) is 9.36 Å². The smallest absolute Gasteiger partial charge is 0.221 e. The number of carbonyl (C=O) groups excluding carboxylic acids is 1. The van der Waals surface area contributed by atoms with Gasteiger partial charge in [0.15, 0.2) is 5.65 Å². The van der Waals surface area contributed by atoms with Crippen molar-refractivity contribution >= 4 is 17.1 Å². The second-order valence-electron chi connectivity index (χ2n) is 4.65. The van der Waals surface area contributed by atoms with E-state index in [9.17, 15) is 4.79 Å². The molecule has 5 heteroatoms. The Morgan fingerprint density at radius 3 is 2.70 bits per heavy atom.